The van der Waals surface area contributed by atoms with Crippen molar-refractivity contribution in [2.24, 2.45) is 0 Å². The average molecular weight is 288 g/mol. The molecule has 1 aromatic heterocycles. The first-order valence-corrected chi connectivity index (χ1v) is 7.34. The molecule has 5 heteroatoms. The number of fused-ring (bicyclic) bond motifs is 1. The number of aryl methyl sites for hydroxylation is 1. The molecule has 1 aliphatic heterocycles. The van der Waals surface area contributed by atoms with Crippen LogP contribution in [0, 0.1) is 0 Å². The smallest absolute Gasteiger partial charge is 0.222 e. The number of aromatic amines is 1. The molecule has 0 aliphatic carbocycles. The van der Waals surface area contributed by atoms with Crippen LogP contribution in [0.15, 0.2) is 30.5 Å². The van der Waals surface area contributed by atoms with E-state index in [4.69, 9.17) is 0 Å². The van der Waals surface area contributed by atoms with Crippen molar-refractivity contribution in [3.8, 4) is 0 Å². The van der Waals surface area contributed by atoms with Crippen LogP contribution in [0.25, 0.3) is 10.9 Å². The average Bonchev–Trinajstić information content (AvgIpc) is 3.04. The van der Waals surface area contributed by atoms with E-state index in [0.29, 0.717) is 6.42 Å². The summed E-state index contributed by atoms with van der Waals surface area (Å²) in [5, 5.41) is 20.1. The number of nitrogens with one attached hydrogen (secondary N) is 1. The molecule has 1 aliphatic rings. The molecule has 1 aromatic carbocycles. The molecule has 112 valence electrons. The van der Waals surface area contributed by atoms with Gasteiger partial charge in [-0.2, -0.15) is 0 Å². The van der Waals surface area contributed by atoms with Crippen molar-refractivity contribution in [2.75, 3.05) is 13.1 Å². The monoisotopic (exact) mass is 288 g/mol. The second kappa shape index (κ2) is 5.87. The van der Waals surface area contributed by atoms with E-state index in [-0.39, 0.29) is 19.0 Å². The maximum absolute atomic E-state index is 12.0. The summed E-state index contributed by atoms with van der Waals surface area (Å²) in [6, 6.07) is 8.13. The van der Waals surface area contributed by atoms with Crippen LogP contribution in [0.3, 0.4) is 0 Å². The number of aliphatic hydroxyl groups is 2. The Balaban J connectivity index is 1.53. The fourth-order valence-electron chi connectivity index (χ4n) is 2.90. The summed E-state index contributed by atoms with van der Waals surface area (Å²) >= 11 is 0. The van der Waals surface area contributed by atoms with E-state index in [9.17, 15) is 15.0 Å². The van der Waals surface area contributed by atoms with E-state index in [2.05, 4.69) is 11.1 Å². The van der Waals surface area contributed by atoms with Crippen molar-refractivity contribution < 1.29 is 15.0 Å². The predicted octanol–water partition coefficient (Wildman–Crippen LogP) is 1.05. The topological polar surface area (TPSA) is 76.6 Å². The molecule has 1 saturated heterocycles. The van der Waals surface area contributed by atoms with Crippen LogP contribution in [0.1, 0.15) is 18.4 Å². The highest BCUT2D eigenvalue weighted by Gasteiger charge is 2.31. The summed E-state index contributed by atoms with van der Waals surface area (Å²) in [7, 11) is 0. The quantitative estimate of drug-likeness (QED) is 0.787. The van der Waals surface area contributed by atoms with Gasteiger partial charge in [-0.25, -0.2) is 0 Å². The van der Waals surface area contributed by atoms with Gasteiger partial charge in [0.15, 0.2) is 0 Å². The number of hydrogen-bond acceptors (Lipinski definition) is 3. The molecule has 3 rings (SSSR count). The molecular weight excluding hydrogens is 268 g/mol. The number of benzene rings is 1. The number of likely N-dealkylation sites (tertiary alicyclic amines) is 1. The summed E-state index contributed by atoms with van der Waals surface area (Å²) in [6.07, 6.45) is 2.44. The molecule has 0 bridgehead atoms. The number of β-amino-alcohol motifs (C(OH)–C–C–N with tert-alkyl or cyclic N) is 2. The van der Waals surface area contributed by atoms with Crippen LogP contribution >= 0.6 is 0 Å². The van der Waals surface area contributed by atoms with Gasteiger partial charge in [0.2, 0.25) is 5.91 Å². The molecule has 2 unspecified atom stereocenters. The molecule has 0 spiro atoms. The standard InChI is InChI=1S/C16H20N2O3/c19-14-9-18(10-15(14)20)16(21)7-3-4-11-8-17-13-6-2-1-5-12(11)13/h1-2,5-6,8,14-15,17,19-20H,3-4,7,9-10H2. The van der Waals surface area contributed by atoms with Crippen LogP contribution in [0.5, 0.6) is 0 Å². The van der Waals surface area contributed by atoms with Crippen LogP contribution in [0.4, 0.5) is 0 Å². The minimum absolute atomic E-state index is 0.00504. The fraction of sp³-hybridized carbons (Fsp3) is 0.438. The van der Waals surface area contributed by atoms with E-state index < -0.39 is 12.2 Å². The first-order valence-electron chi connectivity index (χ1n) is 7.34. The number of rotatable bonds is 4. The second-order valence-electron chi connectivity index (χ2n) is 5.65. The lowest BCUT2D eigenvalue weighted by molar-refractivity contribution is -0.130. The lowest BCUT2D eigenvalue weighted by atomic mass is 10.1. The van der Waals surface area contributed by atoms with Crippen molar-refractivity contribution in [3.05, 3.63) is 36.0 Å². The minimum atomic E-state index is -0.803. The van der Waals surface area contributed by atoms with Gasteiger partial charge in [0.1, 0.15) is 0 Å². The summed E-state index contributed by atoms with van der Waals surface area (Å²) in [5.74, 6) is 0.00504. The molecule has 0 saturated carbocycles. The Morgan fingerprint density at radius 3 is 2.71 bits per heavy atom. The van der Waals surface area contributed by atoms with E-state index in [1.54, 1.807) is 4.90 Å². The molecule has 2 aromatic rings. The largest absolute Gasteiger partial charge is 0.388 e. The Labute approximate surface area is 123 Å². The van der Waals surface area contributed by atoms with Crippen LogP contribution in [-0.2, 0) is 11.2 Å². The Hall–Kier alpha value is -1.85. The Kier molecular flexibility index (Phi) is 3.94. The number of aliphatic hydroxyl groups excluding tert-OH is 2. The minimum Gasteiger partial charge on any atom is -0.388 e. The second-order valence-corrected chi connectivity index (χ2v) is 5.65. The van der Waals surface area contributed by atoms with Crippen molar-refractivity contribution in [3.63, 3.8) is 0 Å². The van der Waals surface area contributed by atoms with Crippen molar-refractivity contribution in [1.82, 2.24) is 9.88 Å². The summed E-state index contributed by atoms with van der Waals surface area (Å²) in [6.45, 7) is 0.486. The van der Waals surface area contributed by atoms with E-state index in [0.717, 1.165) is 18.4 Å². The van der Waals surface area contributed by atoms with E-state index in [1.807, 2.05) is 24.4 Å². The van der Waals surface area contributed by atoms with Gasteiger partial charge in [-0.05, 0) is 24.5 Å². The number of nitrogens with zero attached hydrogens (tertiary/aromatic N) is 1. The molecule has 21 heavy (non-hydrogen) atoms. The third-order valence-corrected chi connectivity index (χ3v) is 4.12. The lowest BCUT2D eigenvalue weighted by Gasteiger charge is -2.14. The van der Waals surface area contributed by atoms with Gasteiger partial charge < -0.3 is 20.1 Å². The molecule has 0 radical (unpaired) electrons. The van der Waals surface area contributed by atoms with Gasteiger partial charge in [-0.3, -0.25) is 4.79 Å². The molecule has 2 heterocycles. The zero-order chi connectivity index (χ0) is 14.8. The maximum atomic E-state index is 12.0. The SMILES string of the molecule is O=C(CCCc1c[nH]c2ccccc12)N1CC(O)C(O)C1. The highest BCUT2D eigenvalue weighted by molar-refractivity contribution is 5.83. The van der Waals surface area contributed by atoms with E-state index >= 15 is 0 Å². The highest BCUT2D eigenvalue weighted by atomic mass is 16.3. The Bertz CT molecular complexity index is 627. The number of carbonyl (C=O) groups excluding carboxylic acids is 1. The van der Waals surface area contributed by atoms with Crippen LogP contribution in [-0.4, -0.2) is 51.3 Å². The Morgan fingerprint density at radius 1 is 1.24 bits per heavy atom. The van der Waals surface area contributed by atoms with Gasteiger partial charge >= 0.3 is 0 Å². The lowest BCUT2D eigenvalue weighted by Crippen LogP contribution is -2.29. The van der Waals surface area contributed by atoms with Crippen molar-refractivity contribution >= 4 is 16.8 Å². The zero-order valence-electron chi connectivity index (χ0n) is 11.8. The third-order valence-electron chi connectivity index (χ3n) is 4.12. The molecule has 5 nitrogen and oxygen atoms in total. The number of aromatic nitrogens is 1. The molecule has 1 amide bonds. The maximum Gasteiger partial charge on any atom is 0.222 e. The first kappa shape index (κ1) is 14.1. The number of para-hydroxylation sites is 1. The number of amides is 1. The van der Waals surface area contributed by atoms with Gasteiger partial charge in [0.05, 0.1) is 12.2 Å². The highest BCUT2D eigenvalue weighted by Crippen LogP contribution is 2.20. The van der Waals surface area contributed by atoms with Crippen molar-refractivity contribution in [1.29, 1.82) is 0 Å². The van der Waals surface area contributed by atoms with Gasteiger partial charge in [-0.15, -0.1) is 0 Å². The van der Waals surface area contributed by atoms with Gasteiger partial charge in [0.25, 0.3) is 0 Å². The predicted molar refractivity (Wildman–Crippen MR) is 79.8 cm³/mol. The van der Waals surface area contributed by atoms with Gasteiger partial charge in [0, 0.05) is 36.6 Å². The molecular formula is C16H20N2O3. The number of hydrogen-bond donors (Lipinski definition) is 3. The fourth-order valence-corrected chi connectivity index (χ4v) is 2.90. The normalized spacial score (nSPS) is 22.1. The number of H-pyrrole nitrogens is 1. The molecule has 2 atom stereocenters. The summed E-state index contributed by atoms with van der Waals surface area (Å²) in [5.41, 5.74) is 2.34. The van der Waals surface area contributed by atoms with Gasteiger partial charge in [-0.1, -0.05) is 18.2 Å². The summed E-state index contributed by atoms with van der Waals surface area (Å²) < 4.78 is 0. The third kappa shape index (κ3) is 2.94. The summed E-state index contributed by atoms with van der Waals surface area (Å²) in [4.78, 5) is 16.8. The Morgan fingerprint density at radius 2 is 1.95 bits per heavy atom. The zero-order valence-corrected chi connectivity index (χ0v) is 11.8. The molecule has 3 N–H and O–H groups in total. The van der Waals surface area contributed by atoms with E-state index in [1.165, 1.54) is 10.9 Å². The first-order chi connectivity index (χ1) is 10.1. The van der Waals surface area contributed by atoms with Crippen LogP contribution in [0.2, 0.25) is 0 Å². The molecule has 1 fully saturated rings. The number of carbonyl (C=O) groups is 1. The van der Waals surface area contributed by atoms with Crippen molar-refractivity contribution in [2.45, 2.75) is 31.5 Å². The van der Waals surface area contributed by atoms with Crippen LogP contribution < -0.4 is 0 Å².